The Hall–Kier alpha value is -0.0800. The van der Waals surface area contributed by atoms with Gasteiger partial charge in [-0.25, -0.2) is 0 Å². The first-order valence-electron chi connectivity index (χ1n) is 5.49. The predicted molar refractivity (Wildman–Crippen MR) is 58.1 cm³/mol. The Morgan fingerprint density at radius 3 is 1.86 bits per heavy atom. The van der Waals surface area contributed by atoms with Gasteiger partial charge in [-0.2, -0.15) is 0 Å². The van der Waals surface area contributed by atoms with Gasteiger partial charge in [-0.3, -0.25) is 0 Å². The molecule has 1 fully saturated rings. The first-order chi connectivity index (χ1) is 6.13. The molecule has 0 spiro atoms. The third-order valence-corrected chi connectivity index (χ3v) is 2.64. The molecule has 0 N–H and O–H groups in total. The van der Waals surface area contributed by atoms with Crippen molar-refractivity contribution in [3.63, 3.8) is 0 Å². The highest BCUT2D eigenvalue weighted by atomic mass is 16.8. The lowest BCUT2D eigenvalue weighted by molar-refractivity contribution is -0.156. The molecule has 1 rings (SSSR count). The molecule has 2 nitrogen and oxygen atoms in total. The molecule has 0 aromatic rings. The van der Waals surface area contributed by atoms with E-state index in [0.29, 0.717) is 5.92 Å². The number of ether oxygens (including phenoxy) is 2. The summed E-state index contributed by atoms with van der Waals surface area (Å²) in [5.41, 5.74) is 0.142. The van der Waals surface area contributed by atoms with Crippen LogP contribution in [0.2, 0.25) is 0 Å². The van der Waals surface area contributed by atoms with Gasteiger partial charge in [0.1, 0.15) is 0 Å². The fourth-order valence-electron chi connectivity index (χ4n) is 1.95. The van der Waals surface area contributed by atoms with E-state index in [0.717, 1.165) is 0 Å². The van der Waals surface area contributed by atoms with E-state index in [9.17, 15) is 0 Å². The van der Waals surface area contributed by atoms with E-state index in [-0.39, 0.29) is 17.6 Å². The van der Waals surface area contributed by atoms with E-state index < -0.39 is 5.79 Å². The van der Waals surface area contributed by atoms with Crippen LogP contribution in [0.4, 0.5) is 0 Å². The van der Waals surface area contributed by atoms with Crippen molar-refractivity contribution in [1.29, 1.82) is 0 Å². The maximum Gasteiger partial charge on any atom is 0.163 e. The minimum Gasteiger partial charge on any atom is -0.344 e. The van der Waals surface area contributed by atoms with Gasteiger partial charge in [0.2, 0.25) is 0 Å². The smallest absolute Gasteiger partial charge is 0.163 e. The lowest BCUT2D eigenvalue weighted by atomic mass is 9.82. The van der Waals surface area contributed by atoms with Gasteiger partial charge < -0.3 is 9.47 Å². The topological polar surface area (TPSA) is 18.5 Å². The van der Waals surface area contributed by atoms with Gasteiger partial charge >= 0.3 is 0 Å². The Labute approximate surface area is 88.0 Å². The van der Waals surface area contributed by atoms with Crippen LogP contribution in [0.1, 0.15) is 48.5 Å². The summed E-state index contributed by atoms with van der Waals surface area (Å²) in [5.74, 6) is 0.0772. The van der Waals surface area contributed by atoms with E-state index in [4.69, 9.17) is 9.47 Å². The largest absolute Gasteiger partial charge is 0.344 e. The number of hydrogen-bond acceptors (Lipinski definition) is 2. The molecule has 2 atom stereocenters. The van der Waals surface area contributed by atoms with Crippen molar-refractivity contribution in [2.45, 2.75) is 66.5 Å². The van der Waals surface area contributed by atoms with Crippen molar-refractivity contribution >= 4 is 0 Å². The summed E-state index contributed by atoms with van der Waals surface area (Å²) >= 11 is 0. The van der Waals surface area contributed by atoms with E-state index >= 15 is 0 Å². The molecule has 14 heavy (non-hydrogen) atoms. The molecule has 0 saturated carbocycles. The lowest BCUT2D eigenvalue weighted by Gasteiger charge is -2.31. The zero-order chi connectivity index (χ0) is 11.1. The van der Waals surface area contributed by atoms with Crippen LogP contribution in [0.5, 0.6) is 0 Å². The normalized spacial score (nSPS) is 32.6. The van der Waals surface area contributed by atoms with Gasteiger partial charge in [-0.15, -0.1) is 0 Å². The van der Waals surface area contributed by atoms with Gasteiger partial charge in [0.15, 0.2) is 5.79 Å². The van der Waals surface area contributed by atoms with Crippen molar-refractivity contribution in [1.82, 2.24) is 0 Å². The first kappa shape index (κ1) is 12.0. The SMILES string of the molecule is CC(C)C1OC(C)(C)OC1C(C)(C)C. The zero-order valence-electron chi connectivity index (χ0n) is 10.5. The second kappa shape index (κ2) is 3.49. The highest BCUT2D eigenvalue weighted by Crippen LogP contribution is 2.40. The summed E-state index contributed by atoms with van der Waals surface area (Å²) in [6, 6.07) is 0. The second-order valence-corrected chi connectivity index (χ2v) is 6.13. The first-order valence-corrected chi connectivity index (χ1v) is 5.49. The van der Waals surface area contributed by atoms with Crippen LogP contribution >= 0.6 is 0 Å². The van der Waals surface area contributed by atoms with Crippen molar-refractivity contribution in [2.24, 2.45) is 11.3 Å². The summed E-state index contributed by atoms with van der Waals surface area (Å²) in [5, 5.41) is 0. The highest BCUT2D eigenvalue weighted by Gasteiger charge is 2.47. The minimum absolute atomic E-state index is 0.142. The summed E-state index contributed by atoms with van der Waals surface area (Å²) < 4.78 is 11.9. The molecule has 1 aliphatic rings. The molecule has 1 aliphatic heterocycles. The lowest BCUT2D eigenvalue weighted by Crippen LogP contribution is -2.38. The molecule has 0 aliphatic carbocycles. The molecule has 0 radical (unpaired) electrons. The molecule has 2 unspecified atom stereocenters. The van der Waals surface area contributed by atoms with Gasteiger partial charge in [0, 0.05) is 0 Å². The Bertz CT molecular complexity index is 201. The van der Waals surface area contributed by atoms with E-state index in [1.54, 1.807) is 0 Å². The molecular formula is C12H24O2. The quantitative estimate of drug-likeness (QED) is 0.647. The van der Waals surface area contributed by atoms with E-state index in [2.05, 4.69) is 34.6 Å². The Morgan fingerprint density at radius 1 is 1.07 bits per heavy atom. The summed E-state index contributed by atoms with van der Waals surface area (Å²) in [7, 11) is 0. The molecule has 0 amide bonds. The van der Waals surface area contributed by atoms with E-state index in [1.165, 1.54) is 0 Å². The number of rotatable bonds is 1. The van der Waals surface area contributed by atoms with Gasteiger partial charge in [0.05, 0.1) is 12.2 Å². The zero-order valence-corrected chi connectivity index (χ0v) is 10.5. The third-order valence-electron chi connectivity index (χ3n) is 2.64. The summed E-state index contributed by atoms with van der Waals surface area (Å²) in [6.45, 7) is 15.0. The Kier molecular flexibility index (Phi) is 2.99. The molecule has 84 valence electrons. The maximum atomic E-state index is 5.96. The Morgan fingerprint density at radius 2 is 1.57 bits per heavy atom. The Balaban J connectivity index is 2.83. The molecule has 1 heterocycles. The monoisotopic (exact) mass is 200 g/mol. The van der Waals surface area contributed by atoms with Crippen molar-refractivity contribution < 1.29 is 9.47 Å². The summed E-state index contributed by atoms with van der Waals surface area (Å²) in [6.07, 6.45) is 0.405. The van der Waals surface area contributed by atoms with Crippen LogP contribution in [0, 0.1) is 11.3 Å². The minimum atomic E-state index is -0.424. The molecule has 0 aromatic carbocycles. The van der Waals surface area contributed by atoms with Gasteiger partial charge in [-0.1, -0.05) is 34.6 Å². The average molecular weight is 200 g/mol. The van der Waals surface area contributed by atoms with Crippen LogP contribution in [-0.2, 0) is 9.47 Å². The summed E-state index contributed by atoms with van der Waals surface area (Å²) in [4.78, 5) is 0. The van der Waals surface area contributed by atoms with Crippen LogP contribution in [-0.4, -0.2) is 18.0 Å². The van der Waals surface area contributed by atoms with Crippen LogP contribution in [0.15, 0.2) is 0 Å². The van der Waals surface area contributed by atoms with Gasteiger partial charge in [0.25, 0.3) is 0 Å². The fourth-order valence-corrected chi connectivity index (χ4v) is 1.95. The average Bonchev–Trinajstić information content (AvgIpc) is 2.24. The van der Waals surface area contributed by atoms with E-state index in [1.807, 2.05) is 13.8 Å². The van der Waals surface area contributed by atoms with Crippen molar-refractivity contribution in [3.05, 3.63) is 0 Å². The standard InChI is InChI=1S/C12H24O2/c1-8(2)9-10(11(3,4)5)14-12(6,7)13-9/h8-10H,1-7H3. The molecule has 0 aromatic heterocycles. The van der Waals surface area contributed by atoms with Crippen molar-refractivity contribution in [3.8, 4) is 0 Å². The second-order valence-electron chi connectivity index (χ2n) is 6.13. The molecule has 0 bridgehead atoms. The predicted octanol–water partition coefficient (Wildman–Crippen LogP) is 3.21. The molecule has 1 saturated heterocycles. The van der Waals surface area contributed by atoms with Crippen molar-refractivity contribution in [2.75, 3.05) is 0 Å². The third kappa shape index (κ3) is 2.48. The maximum absolute atomic E-state index is 5.96. The van der Waals surface area contributed by atoms with Crippen LogP contribution in [0.25, 0.3) is 0 Å². The van der Waals surface area contributed by atoms with Gasteiger partial charge in [-0.05, 0) is 25.2 Å². The highest BCUT2D eigenvalue weighted by molar-refractivity contribution is 4.90. The van der Waals surface area contributed by atoms with Crippen LogP contribution in [0.3, 0.4) is 0 Å². The van der Waals surface area contributed by atoms with Crippen LogP contribution < -0.4 is 0 Å². The molecule has 2 heteroatoms. The fraction of sp³-hybridized carbons (Fsp3) is 1.00. The number of hydrogen-bond donors (Lipinski definition) is 0. The molecular weight excluding hydrogens is 176 g/mol.